The van der Waals surface area contributed by atoms with Crippen LogP contribution in [-0.2, 0) is 11.2 Å². The molecule has 1 fully saturated rings. The number of hydrogen-bond acceptors (Lipinski definition) is 3. The molecular weight excluding hydrogens is 262 g/mol. The van der Waals surface area contributed by atoms with Crippen molar-refractivity contribution < 1.29 is 4.79 Å². The lowest BCUT2D eigenvalue weighted by Gasteiger charge is -2.40. The highest BCUT2D eigenvalue weighted by Gasteiger charge is 2.38. The van der Waals surface area contributed by atoms with Gasteiger partial charge in [0.05, 0.1) is 0 Å². The number of anilines is 1. The van der Waals surface area contributed by atoms with Crippen LogP contribution in [0.15, 0.2) is 42.6 Å². The van der Waals surface area contributed by atoms with Crippen molar-refractivity contribution >= 4 is 11.7 Å². The predicted octanol–water partition coefficient (Wildman–Crippen LogP) is 2.01. The molecule has 0 radical (unpaired) electrons. The van der Waals surface area contributed by atoms with Crippen LogP contribution in [0.1, 0.15) is 22.7 Å². The molecule has 1 amide bonds. The second-order valence-electron chi connectivity index (χ2n) is 5.72. The highest BCUT2D eigenvalue weighted by molar-refractivity contribution is 5.88. The molecule has 3 heterocycles. The Labute approximate surface area is 124 Å². The minimum Gasteiger partial charge on any atom is -0.342 e. The fourth-order valence-corrected chi connectivity index (χ4v) is 3.36. The van der Waals surface area contributed by atoms with Crippen molar-refractivity contribution in [1.29, 1.82) is 0 Å². The number of nitrogens with zero attached hydrogens (tertiary/aromatic N) is 3. The maximum atomic E-state index is 12.7. The molecule has 0 saturated carbocycles. The first-order valence-electron chi connectivity index (χ1n) is 7.29. The molecule has 1 unspecified atom stereocenters. The van der Waals surface area contributed by atoms with Gasteiger partial charge in [-0.25, -0.2) is 4.98 Å². The number of carbonyl (C=O) groups is 1. The number of aromatic nitrogens is 1. The summed E-state index contributed by atoms with van der Waals surface area (Å²) in [6.07, 6.45) is 2.65. The van der Waals surface area contributed by atoms with Crippen molar-refractivity contribution in [2.24, 2.45) is 0 Å². The molecule has 0 spiro atoms. The number of likely N-dealkylation sites (N-methyl/N-ethyl adjacent to an activating group) is 1. The maximum absolute atomic E-state index is 12.7. The molecule has 1 aromatic heterocycles. The van der Waals surface area contributed by atoms with Gasteiger partial charge in [0.1, 0.15) is 11.9 Å². The van der Waals surface area contributed by atoms with E-state index in [-0.39, 0.29) is 11.9 Å². The van der Waals surface area contributed by atoms with Gasteiger partial charge in [-0.3, -0.25) is 4.79 Å². The van der Waals surface area contributed by atoms with Crippen LogP contribution in [0.2, 0.25) is 0 Å². The van der Waals surface area contributed by atoms with Gasteiger partial charge in [0.15, 0.2) is 0 Å². The van der Waals surface area contributed by atoms with Crippen molar-refractivity contribution in [2.75, 3.05) is 25.0 Å². The van der Waals surface area contributed by atoms with Crippen LogP contribution in [0.3, 0.4) is 0 Å². The van der Waals surface area contributed by atoms with Gasteiger partial charge >= 0.3 is 0 Å². The average Bonchev–Trinajstić information content (AvgIpc) is 2.65. The number of hydrogen-bond donors (Lipinski definition) is 0. The van der Waals surface area contributed by atoms with E-state index in [1.165, 1.54) is 11.1 Å². The van der Waals surface area contributed by atoms with Gasteiger partial charge in [0.25, 0.3) is 0 Å². The van der Waals surface area contributed by atoms with Gasteiger partial charge in [-0.1, -0.05) is 30.3 Å². The monoisotopic (exact) mass is 279 g/mol. The van der Waals surface area contributed by atoms with Crippen molar-refractivity contribution in [3.8, 4) is 0 Å². The lowest BCUT2D eigenvalue weighted by Crippen LogP contribution is -2.51. The summed E-state index contributed by atoms with van der Waals surface area (Å²) in [4.78, 5) is 21.3. The van der Waals surface area contributed by atoms with Crippen molar-refractivity contribution in [1.82, 2.24) is 9.88 Å². The first-order valence-corrected chi connectivity index (χ1v) is 7.29. The minimum absolute atomic E-state index is 0.159. The Bertz CT molecular complexity index is 713. The van der Waals surface area contributed by atoms with Gasteiger partial charge in [-0.05, 0) is 22.8 Å². The summed E-state index contributed by atoms with van der Waals surface area (Å²) < 4.78 is 0. The number of pyridine rings is 1. The van der Waals surface area contributed by atoms with Gasteiger partial charge < -0.3 is 9.80 Å². The van der Waals surface area contributed by atoms with Crippen LogP contribution in [-0.4, -0.2) is 35.9 Å². The largest absolute Gasteiger partial charge is 0.342 e. The normalized spacial score (nSPS) is 20.4. The molecule has 1 atom stereocenters. The number of piperazine rings is 1. The third-order valence-electron chi connectivity index (χ3n) is 4.47. The van der Waals surface area contributed by atoms with Crippen LogP contribution in [0.25, 0.3) is 0 Å². The fraction of sp³-hybridized carbons (Fsp3) is 0.294. The van der Waals surface area contributed by atoms with Crippen LogP contribution in [0, 0.1) is 0 Å². The highest BCUT2D eigenvalue weighted by Crippen LogP contribution is 2.38. The second-order valence-corrected chi connectivity index (χ2v) is 5.72. The Balaban J connectivity index is 1.95. The summed E-state index contributed by atoms with van der Waals surface area (Å²) in [6, 6.07) is 12.1. The smallest absolute Gasteiger partial charge is 0.249 e. The van der Waals surface area contributed by atoms with Gasteiger partial charge in [-0.15, -0.1) is 0 Å². The van der Waals surface area contributed by atoms with Crippen LogP contribution >= 0.6 is 0 Å². The number of amides is 1. The quantitative estimate of drug-likeness (QED) is 0.740. The van der Waals surface area contributed by atoms with Crippen LogP contribution < -0.4 is 4.90 Å². The van der Waals surface area contributed by atoms with Crippen LogP contribution in [0.5, 0.6) is 0 Å². The lowest BCUT2D eigenvalue weighted by molar-refractivity contribution is -0.133. The Morgan fingerprint density at radius 3 is 2.81 bits per heavy atom. The maximum Gasteiger partial charge on any atom is 0.249 e. The standard InChI is InChI=1S/C17H17N3O/c1-19-9-10-20-15(17(19)21)14-7-3-2-5-12(14)11-13-6-4-8-18-16(13)20/h2-8,15H,9-11H2,1H3. The van der Waals surface area contributed by atoms with Gasteiger partial charge in [-0.2, -0.15) is 0 Å². The fourth-order valence-electron chi connectivity index (χ4n) is 3.36. The summed E-state index contributed by atoms with van der Waals surface area (Å²) >= 11 is 0. The zero-order valence-electron chi connectivity index (χ0n) is 12.0. The van der Waals surface area contributed by atoms with Crippen LogP contribution in [0.4, 0.5) is 5.82 Å². The molecule has 2 aliphatic rings. The number of carbonyl (C=O) groups excluding carboxylic acids is 1. The molecule has 106 valence electrons. The molecule has 21 heavy (non-hydrogen) atoms. The summed E-state index contributed by atoms with van der Waals surface area (Å²) in [6.45, 7) is 1.57. The minimum atomic E-state index is -0.240. The molecule has 4 heteroatoms. The molecule has 1 saturated heterocycles. The topological polar surface area (TPSA) is 36.4 Å². The Morgan fingerprint density at radius 2 is 1.90 bits per heavy atom. The van der Waals surface area contributed by atoms with E-state index in [9.17, 15) is 4.79 Å². The summed E-state index contributed by atoms with van der Waals surface area (Å²) in [7, 11) is 1.88. The first-order chi connectivity index (χ1) is 10.3. The molecule has 1 aromatic carbocycles. The second kappa shape index (κ2) is 4.58. The van der Waals surface area contributed by atoms with E-state index in [1.54, 1.807) is 0 Å². The van der Waals surface area contributed by atoms with E-state index < -0.39 is 0 Å². The molecule has 2 aliphatic heterocycles. The summed E-state index contributed by atoms with van der Waals surface area (Å²) in [5.41, 5.74) is 3.54. The summed E-state index contributed by atoms with van der Waals surface area (Å²) in [5, 5.41) is 0. The molecule has 0 N–H and O–H groups in total. The lowest BCUT2D eigenvalue weighted by atomic mass is 9.96. The number of fused-ring (bicyclic) bond motifs is 5. The SMILES string of the molecule is CN1CCN2c3ncccc3Cc3ccccc3C2C1=O. The molecule has 4 rings (SSSR count). The first kappa shape index (κ1) is 12.4. The highest BCUT2D eigenvalue weighted by atomic mass is 16.2. The van der Waals surface area contributed by atoms with E-state index in [0.29, 0.717) is 0 Å². The third-order valence-corrected chi connectivity index (χ3v) is 4.47. The zero-order chi connectivity index (χ0) is 14.4. The Kier molecular flexibility index (Phi) is 2.70. The van der Waals surface area contributed by atoms with Crippen molar-refractivity contribution in [2.45, 2.75) is 12.5 Å². The Morgan fingerprint density at radius 1 is 1.10 bits per heavy atom. The van der Waals surface area contributed by atoms with E-state index in [4.69, 9.17) is 0 Å². The molecular formula is C17H17N3O. The van der Waals surface area contributed by atoms with Gasteiger partial charge in [0.2, 0.25) is 5.91 Å². The molecule has 2 aromatic rings. The molecule has 0 aliphatic carbocycles. The van der Waals surface area contributed by atoms with Gasteiger partial charge in [0, 0.05) is 32.8 Å². The number of benzene rings is 1. The third kappa shape index (κ3) is 1.82. The Hall–Kier alpha value is -2.36. The van der Waals surface area contributed by atoms with Crippen molar-refractivity contribution in [3.05, 3.63) is 59.3 Å². The van der Waals surface area contributed by atoms with E-state index >= 15 is 0 Å². The number of rotatable bonds is 0. The summed E-state index contributed by atoms with van der Waals surface area (Å²) in [5.74, 6) is 1.12. The molecule has 4 nitrogen and oxygen atoms in total. The van der Waals surface area contributed by atoms with E-state index in [1.807, 2.05) is 36.3 Å². The predicted molar refractivity (Wildman–Crippen MR) is 81.2 cm³/mol. The average molecular weight is 279 g/mol. The van der Waals surface area contributed by atoms with Crippen molar-refractivity contribution in [3.63, 3.8) is 0 Å². The molecule has 0 bridgehead atoms. The van der Waals surface area contributed by atoms with E-state index in [0.717, 1.165) is 30.9 Å². The van der Waals surface area contributed by atoms with E-state index in [2.05, 4.69) is 28.1 Å². The zero-order valence-corrected chi connectivity index (χ0v) is 12.0.